The number of nitro groups is 1. The number of hydrogen-bond donors (Lipinski definition) is 1. The summed E-state index contributed by atoms with van der Waals surface area (Å²) < 4.78 is 37.5. The maximum Gasteiger partial charge on any atom is 0.271 e. The van der Waals surface area contributed by atoms with Gasteiger partial charge in [-0.15, -0.1) is 0 Å². The minimum Gasteiger partial charge on any atom is -0.497 e. The van der Waals surface area contributed by atoms with Gasteiger partial charge in [0.1, 0.15) is 29.8 Å². The molecule has 0 saturated heterocycles. The van der Waals surface area contributed by atoms with Gasteiger partial charge in [0, 0.05) is 31.1 Å². The molecule has 3 aromatic rings. The molecule has 0 bridgehead atoms. The van der Waals surface area contributed by atoms with Crippen LogP contribution in [0.5, 0.6) is 11.5 Å². The van der Waals surface area contributed by atoms with E-state index < -0.39 is 39.3 Å². The number of amides is 2. The number of rotatable bonds is 14. The van der Waals surface area contributed by atoms with E-state index in [1.807, 2.05) is 30.3 Å². The average Bonchev–Trinajstić information content (AvgIpc) is 2.96. The molecule has 0 aliphatic heterocycles. The molecule has 43 heavy (non-hydrogen) atoms. The first-order valence-corrected chi connectivity index (χ1v) is 15.3. The quantitative estimate of drug-likeness (QED) is 0.215. The summed E-state index contributed by atoms with van der Waals surface area (Å²) >= 11 is 0. The third-order valence-corrected chi connectivity index (χ3v) is 7.64. The summed E-state index contributed by atoms with van der Waals surface area (Å²) in [7, 11) is -1.37. The van der Waals surface area contributed by atoms with Gasteiger partial charge < -0.3 is 19.7 Å². The van der Waals surface area contributed by atoms with Gasteiger partial charge in [-0.25, -0.2) is 8.42 Å². The highest BCUT2D eigenvalue weighted by molar-refractivity contribution is 7.92. The molecule has 0 spiro atoms. The highest BCUT2D eigenvalue weighted by Gasteiger charge is 2.34. The lowest BCUT2D eigenvalue weighted by Gasteiger charge is -2.34. The van der Waals surface area contributed by atoms with E-state index in [1.165, 1.54) is 31.3 Å². The standard InChI is InChI=1S/C30H36N4O8S/c1-21(2)31-30(36)27(17-22-10-7-6-8-11-22)32(19-23-12-9-13-25(16-23)41-3)29(35)20-33(43(5,39)40)26-18-24(34(37)38)14-15-28(26)42-4/h6-16,18,21,27H,17,19-20H2,1-5H3,(H,31,36)/t27-/m0/s1. The number of sulfonamides is 1. The predicted molar refractivity (Wildman–Crippen MR) is 163 cm³/mol. The summed E-state index contributed by atoms with van der Waals surface area (Å²) in [6, 6.07) is 18.3. The lowest BCUT2D eigenvalue weighted by Crippen LogP contribution is -2.54. The summed E-state index contributed by atoms with van der Waals surface area (Å²) in [5.41, 5.74) is 0.862. The van der Waals surface area contributed by atoms with Crippen molar-refractivity contribution in [3.63, 3.8) is 0 Å². The second-order valence-corrected chi connectivity index (χ2v) is 12.0. The molecule has 3 rings (SSSR count). The molecule has 0 radical (unpaired) electrons. The van der Waals surface area contributed by atoms with Gasteiger partial charge in [0.25, 0.3) is 5.69 Å². The van der Waals surface area contributed by atoms with Crippen LogP contribution in [0, 0.1) is 10.1 Å². The van der Waals surface area contributed by atoms with Crippen molar-refractivity contribution in [2.45, 2.75) is 38.9 Å². The molecule has 0 saturated carbocycles. The Morgan fingerprint density at radius 1 is 0.953 bits per heavy atom. The number of nitro benzene ring substituents is 1. The van der Waals surface area contributed by atoms with E-state index in [0.29, 0.717) is 11.3 Å². The van der Waals surface area contributed by atoms with Gasteiger partial charge in [0.2, 0.25) is 21.8 Å². The third kappa shape index (κ3) is 8.92. The lowest BCUT2D eigenvalue weighted by atomic mass is 10.0. The Hall–Kier alpha value is -4.65. The molecule has 230 valence electrons. The molecular formula is C30H36N4O8S. The molecule has 0 aliphatic carbocycles. The van der Waals surface area contributed by atoms with Gasteiger partial charge >= 0.3 is 0 Å². The average molecular weight is 613 g/mol. The van der Waals surface area contributed by atoms with Crippen LogP contribution in [0.2, 0.25) is 0 Å². The lowest BCUT2D eigenvalue weighted by molar-refractivity contribution is -0.384. The van der Waals surface area contributed by atoms with E-state index in [1.54, 1.807) is 38.1 Å². The minimum atomic E-state index is -4.17. The third-order valence-electron chi connectivity index (χ3n) is 6.51. The highest BCUT2D eigenvalue weighted by Crippen LogP contribution is 2.34. The Morgan fingerprint density at radius 3 is 2.21 bits per heavy atom. The molecule has 12 nitrogen and oxygen atoms in total. The van der Waals surface area contributed by atoms with Crippen LogP contribution < -0.4 is 19.1 Å². The van der Waals surface area contributed by atoms with Crippen molar-refractivity contribution >= 4 is 33.2 Å². The molecule has 0 heterocycles. The van der Waals surface area contributed by atoms with Crippen LogP contribution in [-0.2, 0) is 32.6 Å². The predicted octanol–water partition coefficient (Wildman–Crippen LogP) is 3.54. The number of hydrogen-bond acceptors (Lipinski definition) is 8. The number of ether oxygens (including phenoxy) is 2. The monoisotopic (exact) mass is 612 g/mol. The van der Waals surface area contributed by atoms with Gasteiger partial charge in [-0.1, -0.05) is 42.5 Å². The highest BCUT2D eigenvalue weighted by atomic mass is 32.2. The van der Waals surface area contributed by atoms with Crippen LogP contribution >= 0.6 is 0 Å². The van der Waals surface area contributed by atoms with Crippen molar-refractivity contribution in [3.8, 4) is 11.5 Å². The molecule has 2 amide bonds. The SMILES string of the molecule is COc1cccc(CN(C(=O)CN(c2cc([N+](=O)[O-])ccc2OC)S(C)(=O)=O)[C@@H](Cc2ccccc2)C(=O)NC(C)C)c1. The van der Waals surface area contributed by atoms with Gasteiger partial charge in [0.15, 0.2) is 0 Å². The zero-order chi connectivity index (χ0) is 31.7. The second-order valence-electron chi connectivity index (χ2n) is 10.1. The van der Waals surface area contributed by atoms with Gasteiger partial charge in [-0.2, -0.15) is 0 Å². The molecule has 3 aromatic carbocycles. The summed E-state index contributed by atoms with van der Waals surface area (Å²) in [4.78, 5) is 40.0. The summed E-state index contributed by atoms with van der Waals surface area (Å²) in [6.45, 7) is 2.79. The number of anilines is 1. The Bertz CT molecular complexity index is 1550. The largest absolute Gasteiger partial charge is 0.497 e. The molecule has 0 fully saturated rings. The Balaban J connectivity index is 2.14. The smallest absolute Gasteiger partial charge is 0.271 e. The van der Waals surface area contributed by atoms with Crippen molar-refractivity contribution < 1.29 is 32.4 Å². The number of nitrogens with one attached hydrogen (secondary N) is 1. The fourth-order valence-electron chi connectivity index (χ4n) is 4.48. The Morgan fingerprint density at radius 2 is 1.63 bits per heavy atom. The maximum atomic E-state index is 14.2. The summed E-state index contributed by atoms with van der Waals surface area (Å²) in [5, 5.41) is 14.4. The number of benzene rings is 3. The van der Waals surface area contributed by atoms with Crippen molar-refractivity contribution in [1.82, 2.24) is 10.2 Å². The van der Waals surface area contributed by atoms with E-state index >= 15 is 0 Å². The van der Waals surface area contributed by atoms with E-state index in [2.05, 4.69) is 5.32 Å². The normalized spacial score (nSPS) is 11.9. The Labute approximate surface area is 251 Å². The fourth-order valence-corrected chi connectivity index (χ4v) is 5.33. The minimum absolute atomic E-state index is 0.0153. The van der Waals surface area contributed by atoms with Crippen LogP contribution in [-0.4, -0.2) is 69.2 Å². The van der Waals surface area contributed by atoms with Gasteiger partial charge in [-0.05, 0) is 43.2 Å². The van der Waals surface area contributed by atoms with Crippen molar-refractivity contribution in [2.75, 3.05) is 31.3 Å². The van der Waals surface area contributed by atoms with Crippen LogP contribution in [0.15, 0.2) is 72.8 Å². The number of methoxy groups -OCH3 is 2. The molecule has 1 atom stereocenters. The maximum absolute atomic E-state index is 14.2. The zero-order valence-corrected chi connectivity index (χ0v) is 25.5. The molecule has 0 aromatic heterocycles. The van der Waals surface area contributed by atoms with E-state index in [0.717, 1.165) is 22.2 Å². The Kier molecular flexibility index (Phi) is 11.1. The second kappa shape index (κ2) is 14.5. The van der Waals surface area contributed by atoms with Crippen molar-refractivity contribution in [2.24, 2.45) is 0 Å². The molecular weight excluding hydrogens is 576 g/mol. The molecule has 1 N–H and O–H groups in total. The first-order valence-electron chi connectivity index (χ1n) is 13.4. The van der Waals surface area contributed by atoms with E-state index in [9.17, 15) is 28.1 Å². The van der Waals surface area contributed by atoms with Crippen LogP contribution in [0.4, 0.5) is 11.4 Å². The van der Waals surface area contributed by atoms with E-state index in [4.69, 9.17) is 9.47 Å². The summed E-state index contributed by atoms with van der Waals surface area (Å²) in [6.07, 6.45) is 1.03. The number of non-ortho nitro benzene ring substituents is 1. The van der Waals surface area contributed by atoms with E-state index in [-0.39, 0.29) is 36.1 Å². The first-order chi connectivity index (χ1) is 20.3. The number of carbonyl (C=O) groups excluding carboxylic acids is 2. The molecule has 0 aliphatic rings. The number of nitrogens with zero attached hydrogens (tertiary/aromatic N) is 3. The zero-order valence-electron chi connectivity index (χ0n) is 24.7. The molecule has 13 heteroatoms. The summed E-state index contributed by atoms with van der Waals surface area (Å²) in [5.74, 6) is -0.577. The van der Waals surface area contributed by atoms with Crippen molar-refractivity contribution in [3.05, 3.63) is 94.0 Å². The van der Waals surface area contributed by atoms with Crippen LogP contribution in [0.1, 0.15) is 25.0 Å². The van der Waals surface area contributed by atoms with Gasteiger partial charge in [-0.3, -0.25) is 24.0 Å². The van der Waals surface area contributed by atoms with Crippen LogP contribution in [0.3, 0.4) is 0 Å². The van der Waals surface area contributed by atoms with Crippen molar-refractivity contribution in [1.29, 1.82) is 0 Å². The first kappa shape index (κ1) is 32.9. The fraction of sp³-hybridized carbons (Fsp3) is 0.333. The van der Waals surface area contributed by atoms with Crippen LogP contribution in [0.25, 0.3) is 0 Å². The van der Waals surface area contributed by atoms with Gasteiger partial charge in [0.05, 0.1) is 25.4 Å². The molecule has 0 unspecified atom stereocenters. The number of carbonyl (C=O) groups is 2. The topological polar surface area (TPSA) is 148 Å².